The van der Waals surface area contributed by atoms with E-state index in [4.69, 9.17) is 0 Å². The van der Waals surface area contributed by atoms with Gasteiger partial charge in [0, 0.05) is 6.42 Å². The number of ketones is 4. The van der Waals surface area contributed by atoms with Gasteiger partial charge in [-0.15, -0.1) is 0 Å². The van der Waals surface area contributed by atoms with Crippen LogP contribution in [0.1, 0.15) is 26.3 Å². The fourth-order valence-electron chi connectivity index (χ4n) is 2.25. The molecule has 1 aromatic rings. The lowest BCUT2D eigenvalue weighted by Gasteiger charge is -2.24. The van der Waals surface area contributed by atoms with Crippen molar-refractivity contribution in [2.24, 2.45) is 5.41 Å². The Hall–Kier alpha value is -2.10. The van der Waals surface area contributed by atoms with Crippen molar-refractivity contribution in [1.82, 2.24) is 0 Å². The number of carbonyl (C=O) groups excluding carboxylic acids is 4. The summed E-state index contributed by atoms with van der Waals surface area (Å²) in [4.78, 5) is 47.5. The largest absolute Gasteiger partial charge is 0.298 e. The minimum absolute atomic E-state index is 0.112. The molecule has 1 rings (SSSR count). The van der Waals surface area contributed by atoms with Gasteiger partial charge in [0.2, 0.25) is 5.41 Å². The molecule has 100 valence electrons. The monoisotopic (exact) mass is 260 g/mol. The lowest BCUT2D eigenvalue weighted by Crippen LogP contribution is -2.50. The van der Waals surface area contributed by atoms with E-state index >= 15 is 0 Å². The fourth-order valence-corrected chi connectivity index (χ4v) is 2.25. The first-order valence-electron chi connectivity index (χ1n) is 5.93. The van der Waals surface area contributed by atoms with Crippen molar-refractivity contribution >= 4 is 23.1 Å². The van der Waals surface area contributed by atoms with Crippen LogP contribution in [0.2, 0.25) is 0 Å². The average Bonchev–Trinajstić information content (AvgIpc) is 2.29. The van der Waals surface area contributed by atoms with E-state index in [9.17, 15) is 19.2 Å². The van der Waals surface area contributed by atoms with Gasteiger partial charge in [-0.25, -0.2) is 0 Å². The van der Waals surface area contributed by atoms with Crippen LogP contribution in [0.4, 0.5) is 0 Å². The zero-order chi connectivity index (χ0) is 14.6. The number of hydrogen-bond donors (Lipinski definition) is 0. The Morgan fingerprint density at radius 3 is 1.63 bits per heavy atom. The summed E-state index contributed by atoms with van der Waals surface area (Å²) in [6.07, 6.45) is -0.112. The van der Waals surface area contributed by atoms with Crippen molar-refractivity contribution in [3.8, 4) is 0 Å². The molecule has 0 heterocycles. The number of rotatable bonds is 6. The van der Waals surface area contributed by atoms with Gasteiger partial charge in [0.25, 0.3) is 0 Å². The Labute approximate surface area is 111 Å². The van der Waals surface area contributed by atoms with Gasteiger partial charge in [-0.1, -0.05) is 30.3 Å². The highest BCUT2D eigenvalue weighted by atomic mass is 16.2. The first kappa shape index (κ1) is 15.0. The van der Waals surface area contributed by atoms with E-state index < -0.39 is 28.5 Å². The molecule has 0 unspecified atom stereocenters. The molecule has 0 aliphatic carbocycles. The Morgan fingerprint density at radius 2 is 1.26 bits per heavy atom. The SMILES string of the molecule is CC(=O)C(C(C)=O)(C(C)=O)C(=O)Cc1ccccc1. The summed E-state index contributed by atoms with van der Waals surface area (Å²) in [6, 6.07) is 8.72. The molecule has 0 amide bonds. The average molecular weight is 260 g/mol. The molecular weight excluding hydrogens is 244 g/mol. The molecule has 0 aromatic heterocycles. The summed E-state index contributed by atoms with van der Waals surface area (Å²) >= 11 is 0. The van der Waals surface area contributed by atoms with Crippen LogP contribution in [0.5, 0.6) is 0 Å². The summed E-state index contributed by atoms with van der Waals surface area (Å²) in [5.74, 6) is -2.80. The van der Waals surface area contributed by atoms with E-state index in [1.54, 1.807) is 30.3 Å². The number of benzene rings is 1. The number of Topliss-reactive ketones (excluding diaryl/α,β-unsaturated/α-hetero) is 4. The highest BCUT2D eigenvalue weighted by Gasteiger charge is 2.51. The lowest BCUT2D eigenvalue weighted by molar-refractivity contribution is -0.152. The zero-order valence-corrected chi connectivity index (χ0v) is 11.2. The van der Waals surface area contributed by atoms with Gasteiger partial charge in [-0.3, -0.25) is 19.2 Å². The molecule has 0 fully saturated rings. The van der Waals surface area contributed by atoms with Crippen molar-refractivity contribution in [2.75, 3.05) is 0 Å². The highest BCUT2D eigenvalue weighted by molar-refractivity contribution is 6.37. The predicted molar refractivity (Wildman–Crippen MR) is 69.6 cm³/mol. The summed E-state index contributed by atoms with van der Waals surface area (Å²) in [7, 11) is 0. The summed E-state index contributed by atoms with van der Waals surface area (Å²) < 4.78 is 0. The normalized spacial score (nSPS) is 10.9. The summed E-state index contributed by atoms with van der Waals surface area (Å²) in [5.41, 5.74) is -1.48. The van der Waals surface area contributed by atoms with E-state index in [1.165, 1.54) is 0 Å². The molecule has 0 bridgehead atoms. The molecule has 4 heteroatoms. The zero-order valence-electron chi connectivity index (χ0n) is 11.2. The van der Waals surface area contributed by atoms with Crippen LogP contribution in [-0.4, -0.2) is 23.1 Å². The van der Waals surface area contributed by atoms with Gasteiger partial charge >= 0.3 is 0 Å². The Morgan fingerprint density at radius 1 is 0.842 bits per heavy atom. The van der Waals surface area contributed by atoms with Crippen molar-refractivity contribution in [3.05, 3.63) is 35.9 Å². The van der Waals surface area contributed by atoms with Crippen molar-refractivity contribution in [2.45, 2.75) is 27.2 Å². The predicted octanol–water partition coefficient (Wildman–Crippen LogP) is 1.55. The van der Waals surface area contributed by atoms with Crippen LogP contribution in [0, 0.1) is 5.41 Å². The smallest absolute Gasteiger partial charge is 0.202 e. The maximum atomic E-state index is 12.3. The molecule has 0 radical (unpaired) electrons. The maximum Gasteiger partial charge on any atom is 0.202 e. The van der Waals surface area contributed by atoms with Gasteiger partial charge in [0.1, 0.15) is 0 Å². The second-order valence-corrected chi connectivity index (χ2v) is 4.50. The molecular formula is C15H16O4. The lowest BCUT2D eigenvalue weighted by atomic mass is 9.71. The molecule has 4 nitrogen and oxygen atoms in total. The van der Waals surface area contributed by atoms with Crippen LogP contribution in [0.15, 0.2) is 30.3 Å². The van der Waals surface area contributed by atoms with E-state index in [1.807, 2.05) is 0 Å². The molecule has 0 aliphatic heterocycles. The molecule has 0 spiro atoms. The first-order chi connectivity index (χ1) is 8.83. The van der Waals surface area contributed by atoms with Gasteiger partial charge in [-0.2, -0.15) is 0 Å². The second-order valence-electron chi connectivity index (χ2n) is 4.50. The molecule has 19 heavy (non-hydrogen) atoms. The van der Waals surface area contributed by atoms with E-state index in [-0.39, 0.29) is 6.42 Å². The summed E-state index contributed by atoms with van der Waals surface area (Å²) in [6.45, 7) is 3.31. The van der Waals surface area contributed by atoms with Gasteiger partial charge in [0.05, 0.1) is 0 Å². The van der Waals surface area contributed by atoms with E-state index in [2.05, 4.69) is 0 Å². The topological polar surface area (TPSA) is 68.3 Å². The van der Waals surface area contributed by atoms with Gasteiger partial charge in [-0.05, 0) is 26.3 Å². The van der Waals surface area contributed by atoms with Crippen LogP contribution in [0.3, 0.4) is 0 Å². The standard InChI is InChI=1S/C15H16O4/c1-10(16)15(11(2)17,12(3)18)14(19)9-13-7-5-4-6-8-13/h4-8H,9H2,1-3H3. The van der Waals surface area contributed by atoms with Crippen molar-refractivity contribution < 1.29 is 19.2 Å². The molecule has 0 saturated carbocycles. The first-order valence-corrected chi connectivity index (χ1v) is 5.93. The highest BCUT2D eigenvalue weighted by Crippen LogP contribution is 2.25. The Balaban J connectivity index is 3.20. The second kappa shape index (κ2) is 5.69. The molecule has 0 aliphatic rings. The maximum absolute atomic E-state index is 12.3. The Bertz CT molecular complexity index is 492. The van der Waals surface area contributed by atoms with Crippen LogP contribution in [-0.2, 0) is 25.6 Å². The van der Waals surface area contributed by atoms with Crippen molar-refractivity contribution in [3.63, 3.8) is 0 Å². The quantitative estimate of drug-likeness (QED) is 0.728. The van der Waals surface area contributed by atoms with Gasteiger partial charge < -0.3 is 0 Å². The van der Waals surface area contributed by atoms with Gasteiger partial charge in [0.15, 0.2) is 23.1 Å². The number of hydrogen-bond acceptors (Lipinski definition) is 4. The van der Waals surface area contributed by atoms with Crippen LogP contribution < -0.4 is 0 Å². The third kappa shape index (κ3) is 2.67. The molecule has 0 saturated heterocycles. The minimum atomic E-state index is -2.14. The third-order valence-electron chi connectivity index (χ3n) is 3.21. The molecule has 1 aromatic carbocycles. The minimum Gasteiger partial charge on any atom is -0.298 e. The number of carbonyl (C=O) groups is 4. The van der Waals surface area contributed by atoms with E-state index in [0.29, 0.717) is 5.56 Å². The third-order valence-corrected chi connectivity index (χ3v) is 3.21. The van der Waals surface area contributed by atoms with E-state index in [0.717, 1.165) is 20.8 Å². The molecule has 0 N–H and O–H groups in total. The van der Waals surface area contributed by atoms with Crippen molar-refractivity contribution in [1.29, 1.82) is 0 Å². The summed E-state index contributed by atoms with van der Waals surface area (Å²) in [5, 5.41) is 0. The Kier molecular flexibility index (Phi) is 4.48. The fraction of sp³-hybridized carbons (Fsp3) is 0.333. The molecule has 0 atom stereocenters. The van der Waals surface area contributed by atoms with Crippen LogP contribution >= 0.6 is 0 Å². The van der Waals surface area contributed by atoms with Crippen LogP contribution in [0.25, 0.3) is 0 Å².